The van der Waals surface area contributed by atoms with Gasteiger partial charge in [-0.15, -0.1) is 0 Å². The van der Waals surface area contributed by atoms with E-state index in [0.29, 0.717) is 12.4 Å². The third-order valence-corrected chi connectivity index (χ3v) is 5.48. The van der Waals surface area contributed by atoms with Crippen LogP contribution in [0.2, 0.25) is 0 Å². The summed E-state index contributed by atoms with van der Waals surface area (Å²) >= 11 is 0. The molecule has 1 aromatic carbocycles. The topological polar surface area (TPSA) is 149 Å². The number of nitrogens with zero attached hydrogens (tertiary/aromatic N) is 3. The molecule has 33 heavy (non-hydrogen) atoms. The van der Waals surface area contributed by atoms with Gasteiger partial charge >= 0.3 is 5.97 Å². The first-order valence-electron chi connectivity index (χ1n) is 10.3. The maximum absolute atomic E-state index is 15.4. The lowest BCUT2D eigenvalue weighted by Crippen LogP contribution is -2.36. The SMILES string of the molecule is CC1(C)COc2c(NCCN(N)c3ccccn3)c(F)c(N)c3c(=O)c(C(=O)O)cn(c23)C1. The first kappa shape index (κ1) is 22.3. The van der Waals surface area contributed by atoms with E-state index in [4.69, 9.17) is 16.3 Å². The summed E-state index contributed by atoms with van der Waals surface area (Å²) in [4.78, 5) is 28.7. The highest BCUT2D eigenvalue weighted by atomic mass is 19.1. The number of halogens is 1. The molecule has 0 saturated heterocycles. The number of aromatic carboxylic acids is 1. The van der Waals surface area contributed by atoms with Crippen LogP contribution in [0, 0.1) is 11.2 Å². The van der Waals surface area contributed by atoms with Gasteiger partial charge in [-0.1, -0.05) is 19.9 Å². The molecule has 4 rings (SSSR count). The Kier molecular flexibility index (Phi) is 5.58. The quantitative estimate of drug-likeness (QED) is 0.248. The van der Waals surface area contributed by atoms with Crippen LogP contribution < -0.4 is 32.1 Å². The van der Waals surface area contributed by atoms with Crippen molar-refractivity contribution in [3.8, 4) is 5.75 Å². The molecule has 0 spiro atoms. The molecule has 0 bridgehead atoms. The summed E-state index contributed by atoms with van der Waals surface area (Å²) < 4.78 is 23.0. The maximum Gasteiger partial charge on any atom is 0.341 e. The number of hydrazine groups is 1. The summed E-state index contributed by atoms with van der Waals surface area (Å²) in [6.45, 7) is 4.91. The number of hydrogen-bond acceptors (Lipinski definition) is 8. The smallest absolute Gasteiger partial charge is 0.341 e. The number of rotatable bonds is 6. The zero-order valence-corrected chi connectivity index (χ0v) is 18.3. The molecule has 10 nitrogen and oxygen atoms in total. The second-order valence-corrected chi connectivity index (χ2v) is 8.72. The van der Waals surface area contributed by atoms with E-state index in [1.165, 1.54) is 11.2 Å². The molecule has 174 valence electrons. The van der Waals surface area contributed by atoms with Crippen molar-refractivity contribution < 1.29 is 19.0 Å². The van der Waals surface area contributed by atoms with E-state index < -0.39 is 33.9 Å². The summed E-state index contributed by atoms with van der Waals surface area (Å²) in [7, 11) is 0. The Morgan fingerprint density at radius 2 is 2.18 bits per heavy atom. The zero-order valence-electron chi connectivity index (χ0n) is 18.3. The number of nitrogens with one attached hydrogen (secondary N) is 1. The highest BCUT2D eigenvalue weighted by Gasteiger charge is 2.32. The molecule has 0 aliphatic carbocycles. The summed E-state index contributed by atoms with van der Waals surface area (Å²) in [5.74, 6) is 4.39. The Balaban J connectivity index is 1.80. The fraction of sp³-hybridized carbons (Fsp3) is 0.318. The van der Waals surface area contributed by atoms with Gasteiger partial charge in [0.1, 0.15) is 17.1 Å². The second-order valence-electron chi connectivity index (χ2n) is 8.72. The Morgan fingerprint density at radius 3 is 2.85 bits per heavy atom. The van der Waals surface area contributed by atoms with Gasteiger partial charge in [-0.05, 0) is 12.1 Å². The number of nitrogens with two attached hydrogens (primary N) is 2. The van der Waals surface area contributed by atoms with Gasteiger partial charge in [0.2, 0.25) is 5.43 Å². The number of carboxylic acids is 1. The molecule has 0 unspecified atom stereocenters. The minimum absolute atomic E-state index is 0.0108. The standard InChI is InChI=1S/C22H25FN6O4/c1-22(2)10-28-9-12(21(31)32)19(30)14-16(24)15(23)17(20(18(14)28)33-11-22)27-7-8-29(25)13-5-3-4-6-26-13/h3-6,9,27H,7-8,10-11,24-25H2,1-2H3,(H,31,32). The fourth-order valence-corrected chi connectivity index (χ4v) is 3.91. The maximum atomic E-state index is 15.4. The van der Waals surface area contributed by atoms with Gasteiger partial charge in [-0.3, -0.25) is 9.80 Å². The van der Waals surface area contributed by atoms with Gasteiger partial charge in [0.05, 0.1) is 29.7 Å². The Bertz CT molecular complexity index is 1290. The van der Waals surface area contributed by atoms with Crippen molar-refractivity contribution in [3.05, 3.63) is 52.2 Å². The van der Waals surface area contributed by atoms with E-state index in [0.717, 1.165) is 0 Å². The Labute approximate surface area is 188 Å². The fourth-order valence-electron chi connectivity index (χ4n) is 3.91. The molecule has 1 aliphatic rings. The first-order chi connectivity index (χ1) is 15.6. The van der Waals surface area contributed by atoms with Crippen molar-refractivity contribution in [2.75, 3.05) is 35.8 Å². The van der Waals surface area contributed by atoms with E-state index in [2.05, 4.69) is 10.3 Å². The number of benzene rings is 1. The molecule has 0 fully saturated rings. The third kappa shape index (κ3) is 4.02. The van der Waals surface area contributed by atoms with Crippen molar-refractivity contribution >= 4 is 34.1 Å². The van der Waals surface area contributed by atoms with Crippen LogP contribution in [-0.2, 0) is 6.54 Å². The average Bonchev–Trinajstić information content (AvgIpc) is 2.90. The molecule has 11 heteroatoms. The zero-order chi connectivity index (χ0) is 23.9. The predicted octanol–water partition coefficient (Wildman–Crippen LogP) is 2.03. The van der Waals surface area contributed by atoms with Crippen LogP contribution >= 0.6 is 0 Å². The Morgan fingerprint density at radius 1 is 1.42 bits per heavy atom. The summed E-state index contributed by atoms with van der Waals surface area (Å²) in [6, 6.07) is 5.31. The van der Waals surface area contributed by atoms with Crippen molar-refractivity contribution in [1.82, 2.24) is 9.55 Å². The highest BCUT2D eigenvalue weighted by molar-refractivity contribution is 6.03. The van der Waals surface area contributed by atoms with Gasteiger partial charge in [0.25, 0.3) is 0 Å². The Hall–Kier alpha value is -3.86. The normalized spacial score (nSPS) is 14.4. The van der Waals surface area contributed by atoms with Crippen molar-refractivity contribution in [1.29, 1.82) is 0 Å². The number of ether oxygens (including phenoxy) is 1. The molecular formula is C22H25FN6O4. The minimum Gasteiger partial charge on any atom is -0.488 e. The van der Waals surface area contributed by atoms with Gasteiger partial charge < -0.3 is 25.5 Å². The predicted molar refractivity (Wildman–Crippen MR) is 123 cm³/mol. The molecule has 6 N–H and O–H groups in total. The van der Waals surface area contributed by atoms with Crippen LogP contribution in [0.5, 0.6) is 5.75 Å². The van der Waals surface area contributed by atoms with Gasteiger partial charge in [0, 0.05) is 30.9 Å². The first-order valence-corrected chi connectivity index (χ1v) is 10.3. The van der Waals surface area contributed by atoms with Gasteiger partial charge in [-0.2, -0.15) is 0 Å². The van der Waals surface area contributed by atoms with Crippen molar-refractivity contribution in [3.63, 3.8) is 0 Å². The van der Waals surface area contributed by atoms with Crippen LogP contribution in [0.4, 0.5) is 21.6 Å². The molecule has 1 aliphatic heterocycles. The molecule has 2 aromatic heterocycles. The molecule has 0 amide bonds. The van der Waals surface area contributed by atoms with Gasteiger partial charge in [0.15, 0.2) is 11.6 Å². The molecule has 0 radical (unpaired) electrons. The number of hydrogen-bond donors (Lipinski definition) is 4. The van der Waals surface area contributed by atoms with Crippen LogP contribution in [0.1, 0.15) is 24.2 Å². The molecule has 0 saturated carbocycles. The van der Waals surface area contributed by atoms with E-state index in [-0.39, 0.29) is 42.0 Å². The minimum atomic E-state index is -1.41. The summed E-state index contributed by atoms with van der Waals surface area (Å²) in [5.41, 5.74) is 4.07. The number of anilines is 3. The lowest BCUT2D eigenvalue weighted by molar-refractivity contribution is 0.0694. The van der Waals surface area contributed by atoms with Crippen LogP contribution in [0.25, 0.3) is 10.9 Å². The number of aromatic nitrogens is 2. The van der Waals surface area contributed by atoms with E-state index >= 15 is 4.39 Å². The summed E-state index contributed by atoms with van der Waals surface area (Å²) in [5, 5.41) is 13.7. The molecule has 3 heterocycles. The largest absolute Gasteiger partial charge is 0.488 e. The molecule has 0 atom stereocenters. The monoisotopic (exact) mass is 456 g/mol. The number of carbonyl (C=O) groups is 1. The lowest BCUT2D eigenvalue weighted by Gasteiger charge is -2.22. The second kappa shape index (κ2) is 8.24. The van der Waals surface area contributed by atoms with Crippen molar-refractivity contribution in [2.45, 2.75) is 20.4 Å². The average molecular weight is 456 g/mol. The summed E-state index contributed by atoms with van der Waals surface area (Å²) in [6.07, 6.45) is 2.87. The van der Waals surface area contributed by atoms with Gasteiger partial charge in [-0.25, -0.2) is 20.0 Å². The van der Waals surface area contributed by atoms with E-state index in [1.54, 1.807) is 29.0 Å². The van der Waals surface area contributed by atoms with Crippen molar-refractivity contribution in [2.24, 2.45) is 11.3 Å². The number of nitrogen functional groups attached to an aromatic ring is 1. The van der Waals surface area contributed by atoms with Crippen LogP contribution in [0.3, 0.4) is 0 Å². The third-order valence-electron chi connectivity index (χ3n) is 5.48. The van der Waals surface area contributed by atoms with E-state index in [9.17, 15) is 14.7 Å². The lowest BCUT2D eigenvalue weighted by atomic mass is 9.94. The van der Waals surface area contributed by atoms with E-state index in [1.807, 2.05) is 13.8 Å². The molecule has 3 aromatic rings. The molecular weight excluding hydrogens is 431 g/mol. The van der Waals surface area contributed by atoms with Crippen LogP contribution in [0.15, 0.2) is 35.4 Å². The number of pyridine rings is 2. The number of carboxylic acid groups (broad SMARTS) is 1. The van der Waals surface area contributed by atoms with Crippen LogP contribution in [-0.4, -0.2) is 40.3 Å². The highest BCUT2D eigenvalue weighted by Crippen LogP contribution is 2.42.